The van der Waals surface area contributed by atoms with Gasteiger partial charge in [-0.3, -0.25) is 4.90 Å². The molecule has 3 nitrogen and oxygen atoms in total. The van der Waals surface area contributed by atoms with E-state index in [2.05, 4.69) is 24.1 Å². The number of nitrogens with one attached hydrogen (secondary N) is 1. The Balaban J connectivity index is 2.42. The fourth-order valence-corrected chi connectivity index (χ4v) is 2.04. The van der Waals surface area contributed by atoms with Gasteiger partial charge >= 0.3 is 0 Å². The van der Waals surface area contributed by atoms with Crippen LogP contribution in [0.4, 0.5) is 0 Å². The summed E-state index contributed by atoms with van der Waals surface area (Å²) in [7, 11) is 0. The van der Waals surface area contributed by atoms with Crippen molar-refractivity contribution in [1.82, 2.24) is 10.2 Å². The van der Waals surface area contributed by atoms with Crippen molar-refractivity contribution >= 4 is 0 Å². The van der Waals surface area contributed by atoms with E-state index in [-0.39, 0.29) is 0 Å². The van der Waals surface area contributed by atoms with Gasteiger partial charge in [0.2, 0.25) is 0 Å². The van der Waals surface area contributed by atoms with Gasteiger partial charge in [-0.05, 0) is 12.8 Å². The molecule has 1 fully saturated rings. The van der Waals surface area contributed by atoms with Crippen LogP contribution >= 0.6 is 0 Å². The predicted octanol–water partition coefficient (Wildman–Crippen LogP) is 0.408. The van der Waals surface area contributed by atoms with Crippen LogP contribution in [0.25, 0.3) is 0 Å². The van der Waals surface area contributed by atoms with Crippen LogP contribution in [-0.2, 0) is 0 Å². The molecule has 0 radical (unpaired) electrons. The predicted molar refractivity (Wildman–Crippen MR) is 56.8 cm³/mol. The highest BCUT2D eigenvalue weighted by Gasteiger charge is 2.24. The second-order valence-electron chi connectivity index (χ2n) is 3.86. The average Bonchev–Trinajstić information content (AvgIpc) is 2.18. The zero-order chi connectivity index (χ0) is 9.68. The van der Waals surface area contributed by atoms with Crippen LogP contribution in [0.1, 0.15) is 26.7 Å². The zero-order valence-electron chi connectivity index (χ0n) is 8.92. The molecule has 3 N–H and O–H groups in total. The minimum Gasteiger partial charge on any atom is -0.329 e. The van der Waals surface area contributed by atoms with Crippen LogP contribution in [0.15, 0.2) is 0 Å². The summed E-state index contributed by atoms with van der Waals surface area (Å²) in [6, 6.07) is 1.38. The van der Waals surface area contributed by atoms with E-state index < -0.39 is 0 Å². The molecule has 0 aliphatic carbocycles. The number of hydrogen-bond acceptors (Lipinski definition) is 3. The normalized spacial score (nSPS) is 30.7. The molecule has 2 atom stereocenters. The smallest absolute Gasteiger partial charge is 0.0219 e. The first-order valence-electron chi connectivity index (χ1n) is 5.49. The summed E-state index contributed by atoms with van der Waals surface area (Å²) in [5.41, 5.74) is 5.60. The maximum atomic E-state index is 5.60. The molecule has 0 aromatic rings. The summed E-state index contributed by atoms with van der Waals surface area (Å²) in [6.45, 7) is 8.64. The Morgan fingerprint density at radius 1 is 1.38 bits per heavy atom. The van der Waals surface area contributed by atoms with Crippen molar-refractivity contribution in [2.75, 3.05) is 26.2 Å². The van der Waals surface area contributed by atoms with Crippen molar-refractivity contribution in [2.45, 2.75) is 38.8 Å². The van der Waals surface area contributed by atoms with Crippen LogP contribution in [0.2, 0.25) is 0 Å². The van der Waals surface area contributed by atoms with Gasteiger partial charge in [0, 0.05) is 38.3 Å². The van der Waals surface area contributed by atoms with Gasteiger partial charge in [-0.25, -0.2) is 0 Å². The molecule has 1 aliphatic rings. The molecule has 0 saturated carbocycles. The van der Waals surface area contributed by atoms with Crippen LogP contribution in [0.3, 0.4) is 0 Å². The topological polar surface area (TPSA) is 41.3 Å². The van der Waals surface area contributed by atoms with E-state index in [0.29, 0.717) is 12.1 Å². The van der Waals surface area contributed by atoms with E-state index in [1.807, 2.05) is 0 Å². The molecule has 0 aromatic carbocycles. The van der Waals surface area contributed by atoms with Crippen molar-refractivity contribution in [2.24, 2.45) is 5.73 Å². The molecule has 1 saturated heterocycles. The van der Waals surface area contributed by atoms with Crippen LogP contribution in [-0.4, -0.2) is 43.2 Å². The molecule has 78 valence electrons. The van der Waals surface area contributed by atoms with Gasteiger partial charge in [-0.1, -0.05) is 13.8 Å². The molecular formula is C10H23N3. The summed E-state index contributed by atoms with van der Waals surface area (Å²) in [4.78, 5) is 2.53. The first-order chi connectivity index (χ1) is 6.31. The van der Waals surface area contributed by atoms with Crippen molar-refractivity contribution in [3.63, 3.8) is 0 Å². The van der Waals surface area contributed by atoms with E-state index in [4.69, 9.17) is 5.73 Å². The summed E-state index contributed by atoms with van der Waals surface area (Å²) < 4.78 is 0. The summed E-state index contributed by atoms with van der Waals surface area (Å²) in [6.07, 6.45) is 2.45. The minimum absolute atomic E-state index is 0.675. The van der Waals surface area contributed by atoms with E-state index in [1.165, 1.54) is 19.4 Å². The Kier molecular flexibility index (Phi) is 4.70. The largest absolute Gasteiger partial charge is 0.329 e. The molecule has 0 amide bonds. The van der Waals surface area contributed by atoms with Gasteiger partial charge in [0.15, 0.2) is 0 Å². The highest BCUT2D eigenvalue weighted by atomic mass is 15.2. The van der Waals surface area contributed by atoms with Crippen LogP contribution < -0.4 is 11.1 Å². The van der Waals surface area contributed by atoms with E-state index in [0.717, 1.165) is 19.6 Å². The molecule has 13 heavy (non-hydrogen) atoms. The molecular weight excluding hydrogens is 162 g/mol. The number of nitrogens with zero attached hydrogens (tertiary/aromatic N) is 1. The Morgan fingerprint density at radius 3 is 2.69 bits per heavy atom. The van der Waals surface area contributed by atoms with E-state index in [9.17, 15) is 0 Å². The lowest BCUT2D eigenvalue weighted by Gasteiger charge is -2.39. The van der Waals surface area contributed by atoms with Gasteiger partial charge in [0.05, 0.1) is 0 Å². The Morgan fingerprint density at radius 2 is 2.15 bits per heavy atom. The van der Waals surface area contributed by atoms with Crippen LogP contribution in [0, 0.1) is 0 Å². The summed E-state index contributed by atoms with van der Waals surface area (Å²) in [5.74, 6) is 0. The van der Waals surface area contributed by atoms with E-state index in [1.54, 1.807) is 0 Å². The quantitative estimate of drug-likeness (QED) is 0.666. The third-order valence-electron chi connectivity index (χ3n) is 2.99. The monoisotopic (exact) mass is 185 g/mol. The van der Waals surface area contributed by atoms with Gasteiger partial charge < -0.3 is 11.1 Å². The zero-order valence-corrected chi connectivity index (χ0v) is 8.92. The molecule has 2 unspecified atom stereocenters. The number of piperazine rings is 1. The maximum Gasteiger partial charge on any atom is 0.0219 e. The molecule has 1 rings (SSSR count). The Bertz CT molecular complexity index is 138. The van der Waals surface area contributed by atoms with Gasteiger partial charge in [0.1, 0.15) is 0 Å². The first kappa shape index (κ1) is 11.0. The third-order valence-corrected chi connectivity index (χ3v) is 2.99. The van der Waals surface area contributed by atoms with E-state index >= 15 is 0 Å². The van der Waals surface area contributed by atoms with Gasteiger partial charge in [0.25, 0.3) is 0 Å². The molecule has 1 heterocycles. The maximum absolute atomic E-state index is 5.60. The highest BCUT2D eigenvalue weighted by molar-refractivity contribution is 4.84. The molecule has 3 heteroatoms. The lowest BCUT2D eigenvalue weighted by atomic mass is 10.1. The third kappa shape index (κ3) is 2.93. The molecule has 0 aromatic heterocycles. The fourth-order valence-electron chi connectivity index (χ4n) is 2.04. The van der Waals surface area contributed by atoms with Crippen molar-refractivity contribution in [1.29, 1.82) is 0 Å². The summed E-state index contributed by atoms with van der Waals surface area (Å²) in [5, 5.41) is 3.58. The SMILES string of the molecule is CCC1CN(CCN)C(CC)CN1. The summed E-state index contributed by atoms with van der Waals surface area (Å²) >= 11 is 0. The second kappa shape index (κ2) is 5.58. The van der Waals surface area contributed by atoms with Crippen LogP contribution in [0.5, 0.6) is 0 Å². The minimum atomic E-state index is 0.675. The molecule has 1 aliphatic heterocycles. The van der Waals surface area contributed by atoms with Crippen molar-refractivity contribution in [3.8, 4) is 0 Å². The lowest BCUT2D eigenvalue weighted by Crippen LogP contribution is -2.56. The Labute approximate surface area is 81.7 Å². The average molecular weight is 185 g/mol. The fraction of sp³-hybridized carbons (Fsp3) is 1.00. The van der Waals surface area contributed by atoms with Gasteiger partial charge in [-0.2, -0.15) is 0 Å². The molecule has 0 spiro atoms. The number of rotatable bonds is 4. The Hall–Kier alpha value is -0.120. The molecule has 0 bridgehead atoms. The first-order valence-corrected chi connectivity index (χ1v) is 5.49. The van der Waals surface area contributed by atoms with Gasteiger partial charge in [-0.15, -0.1) is 0 Å². The highest BCUT2D eigenvalue weighted by Crippen LogP contribution is 2.10. The second-order valence-corrected chi connectivity index (χ2v) is 3.86. The number of nitrogens with two attached hydrogens (primary N) is 1. The van der Waals surface area contributed by atoms with Crippen molar-refractivity contribution in [3.05, 3.63) is 0 Å². The van der Waals surface area contributed by atoms with Crippen molar-refractivity contribution < 1.29 is 0 Å². The lowest BCUT2D eigenvalue weighted by molar-refractivity contribution is 0.129. The number of hydrogen-bond donors (Lipinski definition) is 2. The standard InChI is InChI=1S/C10H23N3/c1-3-9-8-13(6-5-11)10(4-2)7-12-9/h9-10,12H,3-8,11H2,1-2H3.